The van der Waals surface area contributed by atoms with Gasteiger partial charge in [0.2, 0.25) is 0 Å². The maximum absolute atomic E-state index is 5.36. The Hall–Kier alpha value is -0.340. The summed E-state index contributed by atoms with van der Waals surface area (Å²) in [5, 5.41) is 6.39. The summed E-state index contributed by atoms with van der Waals surface area (Å²) in [4.78, 5) is 4.45. The zero-order valence-electron chi connectivity index (χ0n) is 12.1. The van der Waals surface area contributed by atoms with Crippen LogP contribution in [0, 0.1) is 0 Å². The molecule has 0 saturated carbocycles. The molecular weight excluding hydrogens is 357 g/mol. The Labute approximate surface area is 134 Å². The lowest BCUT2D eigenvalue weighted by molar-refractivity contribution is 0.0733. The van der Waals surface area contributed by atoms with Crippen molar-refractivity contribution in [3.63, 3.8) is 0 Å². The summed E-state index contributed by atoms with van der Waals surface area (Å²) in [7, 11) is 1.67. The zero-order chi connectivity index (χ0) is 13.5. The second kappa shape index (κ2) is 17.7. The number of unbranched alkanes of at least 4 members (excludes halogenated alkanes) is 1. The van der Waals surface area contributed by atoms with E-state index in [0.717, 1.165) is 31.9 Å². The lowest BCUT2D eigenvalue weighted by Gasteiger charge is -2.11. The average molecular weight is 385 g/mol. The molecule has 0 aromatic heterocycles. The molecule has 0 unspecified atom stereocenters. The molecule has 0 rings (SSSR count). The molecule has 0 heterocycles. The fourth-order valence-corrected chi connectivity index (χ4v) is 1.18. The average Bonchev–Trinajstić information content (AvgIpc) is 2.39. The molecule has 2 N–H and O–H groups in total. The molecule has 0 aromatic rings. The third-order valence-corrected chi connectivity index (χ3v) is 2.17. The normalized spacial score (nSPS) is 10.7. The lowest BCUT2D eigenvalue weighted by atomic mass is 10.3. The van der Waals surface area contributed by atoms with Crippen molar-refractivity contribution in [1.82, 2.24) is 10.6 Å². The highest BCUT2D eigenvalue weighted by Crippen LogP contribution is 1.86. The number of hydrogen-bond donors (Lipinski definition) is 2. The van der Waals surface area contributed by atoms with Gasteiger partial charge in [-0.2, -0.15) is 0 Å². The number of ether oxygens (including phenoxy) is 2. The number of nitrogens with one attached hydrogen (secondary N) is 2. The van der Waals surface area contributed by atoms with E-state index >= 15 is 0 Å². The van der Waals surface area contributed by atoms with Crippen molar-refractivity contribution in [3.05, 3.63) is 12.7 Å². The van der Waals surface area contributed by atoms with Crippen LogP contribution in [0.25, 0.3) is 0 Å². The van der Waals surface area contributed by atoms with Gasteiger partial charge in [-0.25, -0.2) is 0 Å². The maximum atomic E-state index is 5.36. The molecule has 0 radical (unpaired) electrons. The van der Waals surface area contributed by atoms with Gasteiger partial charge in [0.25, 0.3) is 0 Å². The summed E-state index contributed by atoms with van der Waals surface area (Å²) < 4.78 is 10.3. The molecule has 0 bridgehead atoms. The quantitative estimate of drug-likeness (QED) is 0.187. The first-order valence-electron chi connectivity index (χ1n) is 6.54. The Morgan fingerprint density at radius 3 is 2.68 bits per heavy atom. The van der Waals surface area contributed by atoms with Gasteiger partial charge < -0.3 is 20.1 Å². The van der Waals surface area contributed by atoms with Crippen LogP contribution in [-0.2, 0) is 9.47 Å². The van der Waals surface area contributed by atoms with Crippen LogP contribution in [0.2, 0.25) is 0 Å². The van der Waals surface area contributed by atoms with Gasteiger partial charge in [0, 0.05) is 26.7 Å². The Kier molecular flexibility index (Phi) is 19.5. The predicted molar refractivity (Wildman–Crippen MR) is 91.5 cm³/mol. The molecule has 0 fully saturated rings. The SMILES string of the molecule is C=CCNC(=NCCCC)NCCOCCOC.I. The number of guanidine groups is 1. The number of aliphatic imine (C=N–C) groups is 1. The molecule has 0 aromatic carbocycles. The highest BCUT2D eigenvalue weighted by atomic mass is 127. The van der Waals surface area contributed by atoms with Crippen molar-refractivity contribution in [2.24, 2.45) is 4.99 Å². The van der Waals surface area contributed by atoms with Gasteiger partial charge in [-0.15, -0.1) is 30.6 Å². The van der Waals surface area contributed by atoms with E-state index in [0.29, 0.717) is 26.4 Å². The van der Waals surface area contributed by atoms with Crippen LogP contribution in [-0.4, -0.2) is 52.5 Å². The molecular formula is C13H28IN3O2. The van der Waals surface area contributed by atoms with E-state index < -0.39 is 0 Å². The summed E-state index contributed by atoms with van der Waals surface area (Å²) in [6.45, 7) is 10.0. The standard InChI is InChI=1S/C13H27N3O2.HI/c1-4-6-8-15-13(14-7-5-2)16-9-10-18-12-11-17-3;/h5H,2,4,6-12H2,1,3H3,(H2,14,15,16);1H. The number of hydrogen-bond acceptors (Lipinski definition) is 3. The molecule has 0 atom stereocenters. The molecule has 114 valence electrons. The highest BCUT2D eigenvalue weighted by Gasteiger charge is 1.96. The van der Waals surface area contributed by atoms with Crippen LogP contribution in [0.1, 0.15) is 19.8 Å². The molecule has 0 aliphatic carbocycles. The van der Waals surface area contributed by atoms with E-state index in [9.17, 15) is 0 Å². The molecule has 0 amide bonds. The summed E-state index contributed by atoms with van der Waals surface area (Å²) >= 11 is 0. The minimum Gasteiger partial charge on any atom is -0.382 e. The zero-order valence-corrected chi connectivity index (χ0v) is 14.4. The van der Waals surface area contributed by atoms with Crippen LogP contribution >= 0.6 is 24.0 Å². The van der Waals surface area contributed by atoms with E-state index in [4.69, 9.17) is 9.47 Å². The Balaban J connectivity index is 0. The van der Waals surface area contributed by atoms with Crippen LogP contribution < -0.4 is 10.6 Å². The van der Waals surface area contributed by atoms with Crippen molar-refractivity contribution in [2.75, 3.05) is 46.6 Å². The first-order chi connectivity index (χ1) is 8.85. The largest absolute Gasteiger partial charge is 0.382 e. The van der Waals surface area contributed by atoms with E-state index in [-0.39, 0.29) is 24.0 Å². The van der Waals surface area contributed by atoms with Gasteiger partial charge in [0.15, 0.2) is 5.96 Å². The fourth-order valence-electron chi connectivity index (χ4n) is 1.18. The van der Waals surface area contributed by atoms with Gasteiger partial charge in [0.1, 0.15) is 0 Å². The van der Waals surface area contributed by atoms with E-state index in [1.807, 2.05) is 6.08 Å². The lowest BCUT2D eigenvalue weighted by Crippen LogP contribution is -2.39. The molecule has 0 spiro atoms. The van der Waals surface area contributed by atoms with Crippen molar-refractivity contribution < 1.29 is 9.47 Å². The molecule has 0 aliphatic heterocycles. The highest BCUT2D eigenvalue weighted by molar-refractivity contribution is 14.0. The van der Waals surface area contributed by atoms with Crippen LogP contribution in [0.3, 0.4) is 0 Å². The van der Waals surface area contributed by atoms with E-state index in [2.05, 4.69) is 29.1 Å². The third kappa shape index (κ3) is 15.6. The van der Waals surface area contributed by atoms with Crippen molar-refractivity contribution in [2.45, 2.75) is 19.8 Å². The second-order valence-electron chi connectivity index (χ2n) is 3.79. The Morgan fingerprint density at radius 2 is 2.05 bits per heavy atom. The summed E-state index contributed by atoms with van der Waals surface area (Å²) in [6, 6.07) is 0. The van der Waals surface area contributed by atoms with Crippen molar-refractivity contribution in [3.8, 4) is 0 Å². The van der Waals surface area contributed by atoms with Gasteiger partial charge in [-0.3, -0.25) is 4.99 Å². The Morgan fingerprint density at radius 1 is 1.26 bits per heavy atom. The maximum Gasteiger partial charge on any atom is 0.191 e. The minimum atomic E-state index is 0. The van der Waals surface area contributed by atoms with E-state index in [1.54, 1.807) is 7.11 Å². The van der Waals surface area contributed by atoms with Crippen LogP contribution in [0.4, 0.5) is 0 Å². The van der Waals surface area contributed by atoms with Crippen molar-refractivity contribution in [1.29, 1.82) is 0 Å². The van der Waals surface area contributed by atoms with Gasteiger partial charge in [-0.1, -0.05) is 19.4 Å². The monoisotopic (exact) mass is 385 g/mol. The molecule has 0 aliphatic rings. The summed E-state index contributed by atoms with van der Waals surface area (Å²) in [6.07, 6.45) is 4.07. The number of nitrogens with zero attached hydrogens (tertiary/aromatic N) is 1. The molecule has 6 heteroatoms. The molecule has 5 nitrogen and oxygen atoms in total. The van der Waals surface area contributed by atoms with Gasteiger partial charge in [0.05, 0.1) is 19.8 Å². The second-order valence-corrected chi connectivity index (χ2v) is 3.79. The summed E-state index contributed by atoms with van der Waals surface area (Å²) in [5.74, 6) is 0.818. The molecule has 0 saturated heterocycles. The topological polar surface area (TPSA) is 54.9 Å². The first-order valence-corrected chi connectivity index (χ1v) is 6.54. The van der Waals surface area contributed by atoms with Crippen LogP contribution in [0.15, 0.2) is 17.6 Å². The van der Waals surface area contributed by atoms with Gasteiger partial charge >= 0.3 is 0 Å². The van der Waals surface area contributed by atoms with Crippen molar-refractivity contribution >= 4 is 29.9 Å². The number of halogens is 1. The van der Waals surface area contributed by atoms with E-state index in [1.165, 1.54) is 0 Å². The minimum absolute atomic E-state index is 0. The molecule has 19 heavy (non-hydrogen) atoms. The Bertz CT molecular complexity index is 226. The smallest absolute Gasteiger partial charge is 0.191 e. The fraction of sp³-hybridized carbons (Fsp3) is 0.769. The number of methoxy groups -OCH3 is 1. The number of rotatable bonds is 11. The first kappa shape index (κ1) is 21.0. The van der Waals surface area contributed by atoms with Crippen LogP contribution in [0.5, 0.6) is 0 Å². The summed E-state index contributed by atoms with van der Waals surface area (Å²) in [5.41, 5.74) is 0. The van der Waals surface area contributed by atoms with Gasteiger partial charge in [-0.05, 0) is 6.42 Å². The predicted octanol–water partition coefficient (Wildman–Crippen LogP) is 1.79. The third-order valence-electron chi connectivity index (χ3n) is 2.17.